The number of alkyl halides is 1. The molecule has 0 N–H and O–H groups in total. The first-order valence-corrected chi connectivity index (χ1v) is 8.70. The van der Waals surface area contributed by atoms with Crippen LogP contribution in [-0.4, -0.2) is 9.55 Å². The van der Waals surface area contributed by atoms with E-state index < -0.39 is 0 Å². The summed E-state index contributed by atoms with van der Waals surface area (Å²) in [6.07, 6.45) is 5.41. The fourth-order valence-electron chi connectivity index (χ4n) is 3.44. The molecular weight excluding hydrogens is 336 g/mol. The maximum absolute atomic E-state index is 6.09. The Hall–Kier alpha value is -0.540. The Balaban J connectivity index is 1.93. The van der Waals surface area contributed by atoms with Crippen molar-refractivity contribution in [2.75, 3.05) is 0 Å². The molecule has 108 valence electrons. The zero-order valence-electron chi connectivity index (χ0n) is 11.8. The minimum atomic E-state index is 0.481. The first-order valence-electron chi connectivity index (χ1n) is 7.38. The van der Waals surface area contributed by atoms with Gasteiger partial charge in [-0.05, 0) is 42.9 Å². The van der Waals surface area contributed by atoms with E-state index in [1.807, 2.05) is 0 Å². The third kappa shape index (κ3) is 2.89. The summed E-state index contributed by atoms with van der Waals surface area (Å²) in [6, 6.07) is 6.31. The molecule has 1 heterocycles. The average Bonchev–Trinajstić information content (AvgIpc) is 2.76. The zero-order valence-corrected chi connectivity index (χ0v) is 14.1. The molecule has 2 nitrogen and oxygen atoms in total. The lowest BCUT2D eigenvalue weighted by Crippen LogP contribution is -2.19. The first kappa shape index (κ1) is 14.4. The number of imidazole rings is 1. The second-order valence-electron chi connectivity index (χ2n) is 6.04. The van der Waals surface area contributed by atoms with Gasteiger partial charge in [0.15, 0.2) is 0 Å². The number of hydrogen-bond donors (Lipinski definition) is 0. The highest BCUT2D eigenvalue weighted by molar-refractivity contribution is 9.10. The minimum Gasteiger partial charge on any atom is -0.327 e. The molecule has 1 aromatic heterocycles. The van der Waals surface area contributed by atoms with Crippen LogP contribution < -0.4 is 0 Å². The minimum absolute atomic E-state index is 0.481. The maximum atomic E-state index is 6.09. The van der Waals surface area contributed by atoms with Crippen molar-refractivity contribution in [2.24, 2.45) is 11.8 Å². The van der Waals surface area contributed by atoms with Crippen molar-refractivity contribution in [2.45, 2.75) is 45.0 Å². The van der Waals surface area contributed by atoms with E-state index >= 15 is 0 Å². The van der Waals surface area contributed by atoms with Crippen molar-refractivity contribution in [3.05, 3.63) is 28.5 Å². The first-order chi connectivity index (χ1) is 9.67. The van der Waals surface area contributed by atoms with E-state index in [0.717, 1.165) is 34.2 Å². The van der Waals surface area contributed by atoms with Crippen molar-refractivity contribution >= 4 is 38.6 Å². The SMILES string of the molecule is CC1CCCC(Cn2c(CCl)nc3cc(Br)ccc32)C1. The summed E-state index contributed by atoms with van der Waals surface area (Å²) in [4.78, 5) is 4.68. The van der Waals surface area contributed by atoms with Gasteiger partial charge in [-0.3, -0.25) is 0 Å². The predicted molar refractivity (Wildman–Crippen MR) is 88.1 cm³/mol. The van der Waals surface area contributed by atoms with Gasteiger partial charge >= 0.3 is 0 Å². The summed E-state index contributed by atoms with van der Waals surface area (Å²) in [5.41, 5.74) is 2.25. The molecular formula is C16H20BrClN2. The maximum Gasteiger partial charge on any atom is 0.124 e. The Labute approximate surface area is 133 Å². The van der Waals surface area contributed by atoms with Crippen molar-refractivity contribution in [3.8, 4) is 0 Å². The van der Waals surface area contributed by atoms with Gasteiger partial charge < -0.3 is 4.57 Å². The molecule has 0 saturated heterocycles. The second-order valence-corrected chi connectivity index (χ2v) is 7.23. The Kier molecular flexibility index (Phi) is 4.37. The van der Waals surface area contributed by atoms with Gasteiger partial charge in [-0.2, -0.15) is 0 Å². The van der Waals surface area contributed by atoms with Gasteiger partial charge in [0.2, 0.25) is 0 Å². The van der Waals surface area contributed by atoms with Crippen LogP contribution in [0, 0.1) is 11.8 Å². The van der Waals surface area contributed by atoms with E-state index in [1.54, 1.807) is 0 Å². The highest BCUT2D eigenvalue weighted by Crippen LogP contribution is 2.31. The third-order valence-corrected chi connectivity index (χ3v) is 5.13. The number of halogens is 2. The molecule has 1 aromatic carbocycles. The summed E-state index contributed by atoms with van der Waals surface area (Å²) in [7, 11) is 0. The van der Waals surface area contributed by atoms with Gasteiger partial charge in [-0.15, -0.1) is 11.6 Å². The van der Waals surface area contributed by atoms with E-state index in [9.17, 15) is 0 Å². The molecule has 0 spiro atoms. The summed E-state index contributed by atoms with van der Waals surface area (Å²) in [5.74, 6) is 3.10. The number of benzene rings is 1. The third-order valence-electron chi connectivity index (χ3n) is 4.39. The Morgan fingerprint density at radius 2 is 2.25 bits per heavy atom. The molecule has 2 aromatic rings. The molecule has 2 atom stereocenters. The molecule has 1 aliphatic carbocycles. The Morgan fingerprint density at radius 3 is 3.00 bits per heavy atom. The van der Waals surface area contributed by atoms with Crippen molar-refractivity contribution in [1.82, 2.24) is 9.55 Å². The molecule has 4 heteroatoms. The molecule has 0 amide bonds. The van der Waals surface area contributed by atoms with Crippen LogP contribution in [0.2, 0.25) is 0 Å². The van der Waals surface area contributed by atoms with Crippen LogP contribution in [0.3, 0.4) is 0 Å². The highest BCUT2D eigenvalue weighted by atomic mass is 79.9. The molecule has 1 aliphatic rings. The van der Waals surface area contributed by atoms with Crippen molar-refractivity contribution in [1.29, 1.82) is 0 Å². The monoisotopic (exact) mass is 354 g/mol. The lowest BCUT2D eigenvalue weighted by atomic mass is 9.82. The van der Waals surface area contributed by atoms with Crippen LogP contribution in [0.1, 0.15) is 38.4 Å². The van der Waals surface area contributed by atoms with E-state index in [2.05, 4.69) is 50.6 Å². The van der Waals surface area contributed by atoms with Crippen LogP contribution in [0.25, 0.3) is 11.0 Å². The van der Waals surface area contributed by atoms with Crippen LogP contribution in [-0.2, 0) is 12.4 Å². The van der Waals surface area contributed by atoms with Crippen LogP contribution >= 0.6 is 27.5 Å². The highest BCUT2D eigenvalue weighted by Gasteiger charge is 2.21. The smallest absolute Gasteiger partial charge is 0.124 e. The van der Waals surface area contributed by atoms with Gasteiger partial charge in [0.05, 0.1) is 16.9 Å². The molecule has 0 aliphatic heterocycles. The van der Waals surface area contributed by atoms with Gasteiger partial charge in [0.1, 0.15) is 5.82 Å². The fourth-order valence-corrected chi connectivity index (χ4v) is 4.00. The van der Waals surface area contributed by atoms with E-state index in [4.69, 9.17) is 11.6 Å². The number of nitrogens with zero attached hydrogens (tertiary/aromatic N) is 2. The standard InChI is InChI=1S/C16H20BrClN2/c1-11-3-2-4-12(7-11)10-20-15-6-5-13(17)8-14(15)19-16(20)9-18/h5-6,8,11-12H,2-4,7,9-10H2,1H3. The fraction of sp³-hybridized carbons (Fsp3) is 0.562. The van der Waals surface area contributed by atoms with E-state index in [0.29, 0.717) is 5.88 Å². The number of aromatic nitrogens is 2. The topological polar surface area (TPSA) is 17.8 Å². The van der Waals surface area contributed by atoms with Gasteiger partial charge in [0, 0.05) is 11.0 Å². The summed E-state index contributed by atoms with van der Waals surface area (Å²) in [6.45, 7) is 3.43. The summed E-state index contributed by atoms with van der Waals surface area (Å²) >= 11 is 9.61. The lowest BCUT2D eigenvalue weighted by Gasteiger charge is -2.27. The van der Waals surface area contributed by atoms with Gasteiger partial charge in [-0.25, -0.2) is 4.98 Å². The Morgan fingerprint density at radius 1 is 1.40 bits per heavy atom. The van der Waals surface area contributed by atoms with Crippen molar-refractivity contribution < 1.29 is 0 Å². The zero-order chi connectivity index (χ0) is 14.1. The van der Waals surface area contributed by atoms with Crippen LogP contribution in [0.15, 0.2) is 22.7 Å². The average molecular weight is 356 g/mol. The molecule has 0 radical (unpaired) electrons. The number of fused-ring (bicyclic) bond motifs is 1. The predicted octanol–water partition coefficient (Wildman–Crippen LogP) is 5.36. The van der Waals surface area contributed by atoms with Gasteiger partial charge in [0.25, 0.3) is 0 Å². The molecule has 0 bridgehead atoms. The summed E-state index contributed by atoms with van der Waals surface area (Å²) < 4.78 is 3.40. The van der Waals surface area contributed by atoms with Crippen LogP contribution in [0.4, 0.5) is 0 Å². The Bertz CT molecular complexity index is 608. The van der Waals surface area contributed by atoms with Crippen molar-refractivity contribution in [3.63, 3.8) is 0 Å². The second kappa shape index (κ2) is 6.07. The molecule has 1 fully saturated rings. The number of hydrogen-bond acceptors (Lipinski definition) is 1. The molecule has 1 saturated carbocycles. The van der Waals surface area contributed by atoms with E-state index in [1.165, 1.54) is 31.2 Å². The van der Waals surface area contributed by atoms with Crippen LogP contribution in [0.5, 0.6) is 0 Å². The quantitative estimate of drug-likeness (QED) is 0.677. The molecule has 3 rings (SSSR count). The summed E-state index contributed by atoms with van der Waals surface area (Å²) in [5, 5.41) is 0. The lowest BCUT2D eigenvalue weighted by molar-refractivity contribution is 0.257. The largest absolute Gasteiger partial charge is 0.327 e. The normalized spacial score (nSPS) is 23.4. The molecule has 2 unspecified atom stereocenters. The van der Waals surface area contributed by atoms with Gasteiger partial charge in [-0.1, -0.05) is 35.7 Å². The number of rotatable bonds is 3. The molecule has 20 heavy (non-hydrogen) atoms. The van der Waals surface area contributed by atoms with E-state index in [-0.39, 0.29) is 0 Å².